The lowest BCUT2D eigenvalue weighted by molar-refractivity contribution is 1.04. The molecule has 0 aliphatic rings. The van der Waals surface area contributed by atoms with E-state index in [0.29, 0.717) is 6.54 Å². The Morgan fingerprint density at radius 1 is 1.10 bits per heavy atom. The van der Waals surface area contributed by atoms with Gasteiger partial charge in [-0.05, 0) is 18.9 Å². The molecule has 0 fully saturated rings. The van der Waals surface area contributed by atoms with Gasteiger partial charge in [-0.15, -0.1) is 0 Å². The number of unbranched alkanes of at least 4 members (excludes halogenated alkanes) is 1. The summed E-state index contributed by atoms with van der Waals surface area (Å²) in [7, 11) is 0. The second-order valence-electron chi connectivity index (χ2n) is 1.88. The van der Waals surface area contributed by atoms with E-state index in [2.05, 4.69) is 0 Å². The van der Waals surface area contributed by atoms with Crippen molar-refractivity contribution in [2.45, 2.75) is 12.8 Å². The van der Waals surface area contributed by atoms with Crippen molar-refractivity contribution in [1.29, 1.82) is 5.41 Å². The van der Waals surface area contributed by atoms with Crippen LogP contribution in [0.15, 0.2) is 24.3 Å². The number of hydrogen-bond acceptors (Lipinski definition) is 2. The maximum absolute atomic E-state index is 6.67. The van der Waals surface area contributed by atoms with E-state index >= 15 is 0 Å². The zero-order chi connectivity index (χ0) is 7.66. The molecule has 56 valence electrons. The predicted octanol–water partition coefficient (Wildman–Crippen LogP) is 1.49. The molecule has 0 bridgehead atoms. The summed E-state index contributed by atoms with van der Waals surface area (Å²) < 4.78 is 0. The van der Waals surface area contributed by atoms with Gasteiger partial charge in [-0.25, -0.2) is 0 Å². The second kappa shape index (κ2) is 8.11. The van der Waals surface area contributed by atoms with Crippen LogP contribution in [-0.2, 0) is 0 Å². The second-order valence-corrected chi connectivity index (χ2v) is 1.88. The molecule has 2 heteroatoms. The molecule has 0 unspecified atom stereocenters. The molecule has 0 saturated heterocycles. The Kier molecular flexibility index (Phi) is 7.39. The van der Waals surface area contributed by atoms with Gasteiger partial charge in [0.15, 0.2) is 0 Å². The average Bonchev–Trinajstić information content (AvgIpc) is 1.97. The van der Waals surface area contributed by atoms with Crippen LogP contribution >= 0.6 is 0 Å². The zero-order valence-corrected chi connectivity index (χ0v) is 6.09. The van der Waals surface area contributed by atoms with E-state index in [1.807, 2.05) is 18.2 Å². The highest BCUT2D eigenvalue weighted by molar-refractivity contribution is 5.67. The van der Waals surface area contributed by atoms with Gasteiger partial charge in [0.25, 0.3) is 0 Å². The smallest absolute Gasteiger partial charge is 0.0174 e. The summed E-state index contributed by atoms with van der Waals surface area (Å²) in [5, 5.41) is 6.67. The third kappa shape index (κ3) is 7.11. The first-order valence-electron chi connectivity index (χ1n) is 3.42. The van der Waals surface area contributed by atoms with Crippen LogP contribution in [0.25, 0.3) is 0 Å². The maximum atomic E-state index is 6.67. The molecule has 3 N–H and O–H groups in total. The fraction of sp³-hybridized carbons (Fsp3) is 0.375. The Hall–Kier alpha value is -0.890. The van der Waals surface area contributed by atoms with Crippen molar-refractivity contribution in [3.63, 3.8) is 0 Å². The van der Waals surface area contributed by atoms with Crippen molar-refractivity contribution in [1.82, 2.24) is 0 Å². The van der Waals surface area contributed by atoms with Crippen molar-refractivity contribution in [2.24, 2.45) is 5.73 Å². The minimum Gasteiger partial charge on any atom is -0.327 e. The van der Waals surface area contributed by atoms with Gasteiger partial charge < -0.3 is 11.1 Å². The summed E-state index contributed by atoms with van der Waals surface area (Å²) >= 11 is 0. The normalized spacial score (nSPS) is 11.3. The predicted molar refractivity (Wildman–Crippen MR) is 45.4 cm³/mol. The summed E-state index contributed by atoms with van der Waals surface area (Å²) in [6.45, 7) is 0.619. The molecule has 0 aromatic heterocycles. The van der Waals surface area contributed by atoms with Crippen molar-refractivity contribution in [3.05, 3.63) is 24.3 Å². The Labute approximate surface area is 61.9 Å². The van der Waals surface area contributed by atoms with Crippen LogP contribution in [0, 0.1) is 5.41 Å². The van der Waals surface area contributed by atoms with Crippen molar-refractivity contribution in [2.75, 3.05) is 6.54 Å². The van der Waals surface area contributed by atoms with Gasteiger partial charge in [0.1, 0.15) is 0 Å². The van der Waals surface area contributed by atoms with Gasteiger partial charge in [-0.2, -0.15) is 0 Å². The van der Waals surface area contributed by atoms with Crippen molar-refractivity contribution < 1.29 is 0 Å². The molecule has 0 atom stereocenters. The SMILES string of the molecule is N=C/C=C/CC/C=C/CN. The van der Waals surface area contributed by atoms with Crippen LogP contribution < -0.4 is 5.73 Å². The van der Waals surface area contributed by atoms with Gasteiger partial charge in [0, 0.05) is 12.8 Å². The molecule has 0 aliphatic heterocycles. The first-order chi connectivity index (χ1) is 4.91. The van der Waals surface area contributed by atoms with Crippen LogP contribution in [0.3, 0.4) is 0 Å². The molecule has 0 aromatic carbocycles. The molecule has 0 heterocycles. The fourth-order valence-electron chi connectivity index (χ4n) is 0.571. The Morgan fingerprint density at radius 3 is 2.40 bits per heavy atom. The average molecular weight is 138 g/mol. The Morgan fingerprint density at radius 2 is 1.80 bits per heavy atom. The fourth-order valence-corrected chi connectivity index (χ4v) is 0.571. The highest BCUT2D eigenvalue weighted by Gasteiger charge is 1.73. The van der Waals surface area contributed by atoms with E-state index in [4.69, 9.17) is 11.1 Å². The molecule has 0 aromatic rings. The maximum Gasteiger partial charge on any atom is 0.0174 e. The summed E-state index contributed by atoms with van der Waals surface area (Å²) in [5.41, 5.74) is 5.23. The van der Waals surface area contributed by atoms with Gasteiger partial charge in [0.05, 0.1) is 0 Å². The monoisotopic (exact) mass is 138 g/mol. The number of rotatable bonds is 5. The number of hydrogen-bond donors (Lipinski definition) is 2. The summed E-state index contributed by atoms with van der Waals surface area (Å²) in [4.78, 5) is 0. The lowest BCUT2D eigenvalue weighted by Gasteiger charge is -1.83. The zero-order valence-electron chi connectivity index (χ0n) is 6.09. The van der Waals surface area contributed by atoms with Gasteiger partial charge in [-0.1, -0.05) is 18.2 Å². The van der Waals surface area contributed by atoms with E-state index in [1.54, 1.807) is 6.08 Å². The first-order valence-corrected chi connectivity index (χ1v) is 3.42. The van der Waals surface area contributed by atoms with E-state index < -0.39 is 0 Å². The van der Waals surface area contributed by atoms with Gasteiger partial charge in [-0.3, -0.25) is 0 Å². The van der Waals surface area contributed by atoms with Gasteiger partial charge >= 0.3 is 0 Å². The molecule has 0 radical (unpaired) electrons. The standard InChI is InChI=1S/C8H14N2/c9-7-5-3-1-2-4-6-8-10/h3-7,9H,1-2,8,10H2/b5-3+,6-4+,9-7?. The van der Waals surface area contributed by atoms with E-state index in [-0.39, 0.29) is 0 Å². The van der Waals surface area contributed by atoms with Crippen LogP contribution in [0.2, 0.25) is 0 Å². The highest BCUT2D eigenvalue weighted by atomic mass is 14.5. The summed E-state index contributed by atoms with van der Waals surface area (Å²) in [6, 6.07) is 0. The van der Waals surface area contributed by atoms with Gasteiger partial charge in [0.2, 0.25) is 0 Å². The number of nitrogens with two attached hydrogens (primary N) is 1. The molecule has 10 heavy (non-hydrogen) atoms. The summed E-state index contributed by atoms with van der Waals surface area (Å²) in [5.74, 6) is 0. The Balaban J connectivity index is 3.11. The topological polar surface area (TPSA) is 49.9 Å². The lowest BCUT2D eigenvalue weighted by atomic mass is 10.3. The molecule has 0 aliphatic carbocycles. The summed E-state index contributed by atoms with van der Waals surface area (Å²) in [6.07, 6.45) is 11.0. The van der Waals surface area contributed by atoms with E-state index in [9.17, 15) is 0 Å². The molecule has 0 amide bonds. The minimum atomic E-state index is 0.619. The number of nitrogens with one attached hydrogen (secondary N) is 1. The van der Waals surface area contributed by atoms with Crippen molar-refractivity contribution in [3.8, 4) is 0 Å². The van der Waals surface area contributed by atoms with Crippen LogP contribution in [0.5, 0.6) is 0 Å². The van der Waals surface area contributed by atoms with Crippen LogP contribution in [0.4, 0.5) is 0 Å². The lowest BCUT2D eigenvalue weighted by Crippen LogP contribution is -1.91. The molecule has 0 spiro atoms. The van der Waals surface area contributed by atoms with E-state index in [0.717, 1.165) is 12.8 Å². The molecule has 2 nitrogen and oxygen atoms in total. The third-order valence-electron chi connectivity index (χ3n) is 1.04. The molecule has 0 rings (SSSR count). The molecule has 0 saturated carbocycles. The van der Waals surface area contributed by atoms with Crippen molar-refractivity contribution >= 4 is 6.21 Å². The van der Waals surface area contributed by atoms with Crippen LogP contribution in [-0.4, -0.2) is 12.8 Å². The highest BCUT2D eigenvalue weighted by Crippen LogP contribution is 1.90. The first kappa shape index (κ1) is 9.11. The Bertz CT molecular complexity index is 125. The third-order valence-corrected chi connectivity index (χ3v) is 1.04. The van der Waals surface area contributed by atoms with Crippen LogP contribution in [0.1, 0.15) is 12.8 Å². The minimum absolute atomic E-state index is 0.619. The van der Waals surface area contributed by atoms with E-state index in [1.165, 1.54) is 6.21 Å². The largest absolute Gasteiger partial charge is 0.327 e. The quantitative estimate of drug-likeness (QED) is 0.337. The molecular weight excluding hydrogens is 124 g/mol. The number of allylic oxidation sites excluding steroid dienone is 3. The molecular formula is C8H14N2.